The Morgan fingerprint density at radius 1 is 0.226 bits per heavy atom. The van der Waals surface area contributed by atoms with E-state index in [0.717, 1.165) is 67.8 Å². The van der Waals surface area contributed by atoms with Crippen molar-refractivity contribution in [2.75, 3.05) is 19.6 Å². The molecular formula is C49H36N4. The minimum atomic E-state index is -1.04. The molecule has 8 aromatic carbocycles. The summed E-state index contributed by atoms with van der Waals surface area (Å²) in [4.78, 5) is 10.2. The van der Waals surface area contributed by atoms with Gasteiger partial charge in [0.1, 0.15) is 0 Å². The minimum Gasteiger partial charge on any atom is -0.280 e. The second-order valence-corrected chi connectivity index (χ2v) is 13.4. The van der Waals surface area contributed by atoms with Gasteiger partial charge in [-0.2, -0.15) is 0 Å². The van der Waals surface area contributed by atoms with Gasteiger partial charge in [-0.1, -0.05) is 158 Å². The molecule has 0 saturated heterocycles. The molecule has 1 spiro atoms. The maximum absolute atomic E-state index is 2.58. The van der Waals surface area contributed by atoms with Crippen molar-refractivity contribution in [1.82, 2.24) is 0 Å². The fraction of sp³-hybridized carbons (Fsp3) is 0.0204. The highest BCUT2D eigenvalue weighted by Crippen LogP contribution is 2.65. The molecule has 2 aliphatic heterocycles. The highest BCUT2D eigenvalue weighted by Gasteiger charge is 2.65. The van der Waals surface area contributed by atoms with Gasteiger partial charge in [-0.15, -0.1) is 0 Å². The van der Waals surface area contributed by atoms with Crippen molar-refractivity contribution >= 4 is 45.5 Å². The fourth-order valence-corrected chi connectivity index (χ4v) is 8.35. The molecule has 0 atom stereocenters. The lowest BCUT2D eigenvalue weighted by atomic mass is 10.0. The summed E-state index contributed by atoms with van der Waals surface area (Å²) in [7, 11) is 0. The van der Waals surface area contributed by atoms with E-state index in [0.29, 0.717) is 0 Å². The van der Waals surface area contributed by atoms with Gasteiger partial charge >= 0.3 is 0 Å². The Morgan fingerprint density at radius 2 is 0.491 bits per heavy atom. The van der Waals surface area contributed by atoms with Crippen LogP contribution in [-0.4, -0.2) is 5.91 Å². The SMILES string of the molecule is c1ccc(-c2ccccc2N2c3ccccc3N(c3ccccc3)C23N(c2ccccc2)c2ccccc2N3c2ccccc2-c2ccccc2)cc1. The van der Waals surface area contributed by atoms with E-state index in [4.69, 9.17) is 0 Å². The maximum Gasteiger partial charge on any atom is 0.295 e. The average molecular weight is 681 g/mol. The topological polar surface area (TPSA) is 13.0 Å². The van der Waals surface area contributed by atoms with Crippen LogP contribution in [0.15, 0.2) is 218 Å². The molecule has 0 bridgehead atoms. The first kappa shape index (κ1) is 30.8. The molecule has 2 aliphatic rings. The number of fused-ring (bicyclic) bond motifs is 2. The molecule has 0 radical (unpaired) electrons. The largest absolute Gasteiger partial charge is 0.295 e. The Morgan fingerprint density at radius 3 is 0.849 bits per heavy atom. The number of hydrogen-bond donors (Lipinski definition) is 0. The van der Waals surface area contributed by atoms with Crippen molar-refractivity contribution in [3.05, 3.63) is 218 Å². The van der Waals surface area contributed by atoms with Crippen molar-refractivity contribution in [2.24, 2.45) is 0 Å². The predicted octanol–water partition coefficient (Wildman–Crippen LogP) is 12.9. The van der Waals surface area contributed by atoms with Crippen LogP contribution in [0, 0.1) is 0 Å². The van der Waals surface area contributed by atoms with Crippen molar-refractivity contribution in [1.29, 1.82) is 0 Å². The highest BCUT2D eigenvalue weighted by atomic mass is 15.8. The molecule has 8 aromatic rings. The Bertz CT molecular complexity index is 2360. The summed E-state index contributed by atoms with van der Waals surface area (Å²) in [6, 6.07) is 78.6. The molecule has 0 aliphatic carbocycles. The molecule has 53 heavy (non-hydrogen) atoms. The Balaban J connectivity index is 1.40. The van der Waals surface area contributed by atoms with E-state index >= 15 is 0 Å². The van der Waals surface area contributed by atoms with Crippen LogP contribution in [0.1, 0.15) is 0 Å². The highest BCUT2D eigenvalue weighted by molar-refractivity contribution is 6.05. The number of nitrogens with zero attached hydrogens (tertiary/aromatic N) is 4. The summed E-state index contributed by atoms with van der Waals surface area (Å²) in [6.07, 6.45) is 0. The number of para-hydroxylation sites is 8. The molecule has 0 N–H and O–H groups in total. The Hall–Kier alpha value is -7.04. The molecule has 0 aromatic heterocycles. The third kappa shape index (κ3) is 4.69. The molecule has 0 amide bonds. The quantitative estimate of drug-likeness (QED) is 0.173. The van der Waals surface area contributed by atoms with Crippen LogP contribution in [0.3, 0.4) is 0 Å². The molecule has 2 heterocycles. The van der Waals surface area contributed by atoms with Crippen LogP contribution >= 0.6 is 0 Å². The molecular weight excluding hydrogens is 645 g/mol. The Kier molecular flexibility index (Phi) is 7.33. The van der Waals surface area contributed by atoms with E-state index in [9.17, 15) is 0 Å². The standard InChI is InChI=1S/C49H36N4/c1-5-21-37(22-6-1)41-29-13-15-31-43(41)52-47-35-19-17-33-45(47)50(39-25-9-3-10-26-39)49(52)51(40-27-11-4-12-28-40)46-34-18-20-36-48(46)53(49)44-32-16-14-30-42(44)38-23-7-2-8-24-38/h1-36H. The first-order chi connectivity index (χ1) is 26.4. The van der Waals surface area contributed by atoms with Crippen LogP contribution in [0.25, 0.3) is 22.3 Å². The van der Waals surface area contributed by atoms with E-state index in [1.807, 2.05) is 0 Å². The number of anilines is 8. The van der Waals surface area contributed by atoms with Gasteiger partial charge in [-0.3, -0.25) is 19.6 Å². The first-order valence-corrected chi connectivity index (χ1v) is 18.1. The fourth-order valence-electron chi connectivity index (χ4n) is 8.35. The van der Waals surface area contributed by atoms with Gasteiger partial charge in [0.05, 0.1) is 34.1 Å². The molecule has 4 heteroatoms. The van der Waals surface area contributed by atoms with Crippen molar-refractivity contribution in [2.45, 2.75) is 5.91 Å². The van der Waals surface area contributed by atoms with Gasteiger partial charge < -0.3 is 0 Å². The zero-order valence-electron chi connectivity index (χ0n) is 29.1. The van der Waals surface area contributed by atoms with Crippen LogP contribution in [0.4, 0.5) is 45.5 Å². The van der Waals surface area contributed by atoms with Crippen molar-refractivity contribution in [3.8, 4) is 22.3 Å². The molecule has 0 unspecified atom stereocenters. The lowest BCUT2D eigenvalue weighted by Crippen LogP contribution is -2.70. The van der Waals surface area contributed by atoms with Crippen LogP contribution in [0.2, 0.25) is 0 Å². The van der Waals surface area contributed by atoms with E-state index in [1.165, 1.54) is 0 Å². The van der Waals surface area contributed by atoms with Gasteiger partial charge in [0, 0.05) is 22.5 Å². The minimum absolute atomic E-state index is 1.04. The molecule has 252 valence electrons. The van der Waals surface area contributed by atoms with Gasteiger partial charge in [0.15, 0.2) is 0 Å². The lowest BCUT2D eigenvalue weighted by Gasteiger charge is -2.53. The monoisotopic (exact) mass is 680 g/mol. The van der Waals surface area contributed by atoms with E-state index in [1.54, 1.807) is 0 Å². The second kappa shape index (κ2) is 12.6. The van der Waals surface area contributed by atoms with Gasteiger partial charge in [-0.05, 0) is 71.8 Å². The summed E-state index contributed by atoms with van der Waals surface area (Å²) in [5.74, 6) is -1.04. The van der Waals surface area contributed by atoms with Gasteiger partial charge in [0.2, 0.25) is 0 Å². The summed E-state index contributed by atoms with van der Waals surface area (Å²) in [6.45, 7) is 0. The van der Waals surface area contributed by atoms with Crippen LogP contribution < -0.4 is 19.6 Å². The maximum atomic E-state index is 2.58. The normalized spacial score (nSPS) is 14.0. The van der Waals surface area contributed by atoms with Crippen molar-refractivity contribution in [3.63, 3.8) is 0 Å². The second-order valence-electron chi connectivity index (χ2n) is 13.4. The van der Waals surface area contributed by atoms with Crippen molar-refractivity contribution < 1.29 is 0 Å². The Labute approximate surface area is 310 Å². The number of rotatable bonds is 6. The predicted molar refractivity (Wildman–Crippen MR) is 221 cm³/mol. The van der Waals surface area contributed by atoms with Crippen LogP contribution in [0.5, 0.6) is 0 Å². The number of hydrogen-bond acceptors (Lipinski definition) is 4. The molecule has 4 nitrogen and oxygen atoms in total. The van der Waals surface area contributed by atoms with Gasteiger partial charge in [-0.25, -0.2) is 0 Å². The first-order valence-electron chi connectivity index (χ1n) is 18.1. The third-order valence-electron chi connectivity index (χ3n) is 10.4. The zero-order chi connectivity index (χ0) is 35.2. The third-order valence-corrected chi connectivity index (χ3v) is 10.4. The molecule has 10 rings (SSSR count). The van der Waals surface area contributed by atoms with Gasteiger partial charge in [0.25, 0.3) is 5.91 Å². The summed E-state index contributed by atoms with van der Waals surface area (Å²) in [5, 5.41) is 0. The average Bonchev–Trinajstić information content (AvgIpc) is 3.70. The zero-order valence-corrected chi connectivity index (χ0v) is 29.1. The summed E-state index contributed by atoms with van der Waals surface area (Å²) < 4.78 is 0. The smallest absolute Gasteiger partial charge is 0.280 e. The molecule has 0 saturated carbocycles. The summed E-state index contributed by atoms with van der Waals surface area (Å²) >= 11 is 0. The van der Waals surface area contributed by atoms with E-state index in [-0.39, 0.29) is 0 Å². The summed E-state index contributed by atoms with van der Waals surface area (Å²) in [5.41, 5.74) is 13.4. The van der Waals surface area contributed by atoms with E-state index in [2.05, 4.69) is 238 Å². The number of benzene rings is 8. The van der Waals surface area contributed by atoms with E-state index < -0.39 is 5.91 Å². The lowest BCUT2D eigenvalue weighted by molar-refractivity contribution is 0.480. The van der Waals surface area contributed by atoms with Crippen LogP contribution in [-0.2, 0) is 0 Å². The molecule has 0 fully saturated rings.